The largest absolute Gasteiger partial charge is 0.437 e. The number of nitrogens with one attached hydrogen (secondary N) is 1. The number of piperidine rings is 1. The quantitative estimate of drug-likeness (QED) is 0.738. The van der Waals surface area contributed by atoms with E-state index in [0.29, 0.717) is 18.1 Å². The number of rotatable bonds is 4. The molecule has 1 amide bonds. The molecule has 0 saturated carbocycles. The van der Waals surface area contributed by atoms with E-state index in [9.17, 15) is 4.79 Å². The molecule has 1 aromatic carbocycles. The highest BCUT2D eigenvalue weighted by Crippen LogP contribution is 2.33. The highest BCUT2D eigenvalue weighted by atomic mass is 16.5. The molecule has 3 heterocycles. The predicted octanol–water partition coefficient (Wildman–Crippen LogP) is 3.50. The Morgan fingerprint density at radius 1 is 1.10 bits per heavy atom. The minimum absolute atomic E-state index is 0.0171. The number of carbonyl (C=O) groups is 1. The van der Waals surface area contributed by atoms with Crippen LogP contribution in [-0.4, -0.2) is 44.1 Å². The van der Waals surface area contributed by atoms with Gasteiger partial charge in [0.2, 0.25) is 5.88 Å². The lowest BCUT2D eigenvalue weighted by Crippen LogP contribution is -2.40. The highest BCUT2D eigenvalue weighted by Gasteiger charge is 2.32. The molecule has 2 aromatic heterocycles. The number of para-hydroxylation sites is 1. The molecule has 5 rings (SSSR count). The van der Waals surface area contributed by atoms with E-state index in [1.165, 1.54) is 0 Å². The Kier molecular flexibility index (Phi) is 4.71. The molecule has 0 unspecified atom stereocenters. The minimum atomic E-state index is 0.0171. The van der Waals surface area contributed by atoms with Gasteiger partial charge in [0.15, 0.2) is 5.69 Å². The first-order valence-corrected chi connectivity index (χ1v) is 10.2. The molecule has 1 atom stereocenters. The first-order valence-electron chi connectivity index (χ1n) is 10.2. The molecule has 1 aliphatic heterocycles. The Bertz CT molecular complexity index is 1020. The van der Waals surface area contributed by atoms with Gasteiger partial charge in [-0.3, -0.25) is 14.9 Å². The monoisotopic (exact) mass is 389 g/mol. The molecule has 1 saturated heterocycles. The van der Waals surface area contributed by atoms with Gasteiger partial charge in [0.1, 0.15) is 11.4 Å². The van der Waals surface area contributed by atoms with Crippen molar-refractivity contribution in [1.29, 1.82) is 0 Å². The molecule has 1 N–H and O–H groups in total. The van der Waals surface area contributed by atoms with Crippen molar-refractivity contribution in [2.24, 2.45) is 0 Å². The van der Waals surface area contributed by atoms with Crippen LogP contribution in [0.1, 0.15) is 52.6 Å². The van der Waals surface area contributed by atoms with E-state index in [4.69, 9.17) is 4.74 Å². The van der Waals surface area contributed by atoms with Crippen LogP contribution >= 0.6 is 0 Å². The van der Waals surface area contributed by atoms with Crippen LogP contribution in [0.3, 0.4) is 0 Å². The van der Waals surface area contributed by atoms with Gasteiger partial charge in [0.05, 0.1) is 0 Å². The first-order chi connectivity index (χ1) is 14.3. The molecule has 3 aromatic rings. The molecule has 7 heteroatoms. The van der Waals surface area contributed by atoms with Crippen molar-refractivity contribution in [1.82, 2.24) is 25.1 Å². The zero-order valence-electron chi connectivity index (χ0n) is 16.2. The molecule has 0 bridgehead atoms. The summed E-state index contributed by atoms with van der Waals surface area (Å²) in [6.45, 7) is 1.34. The van der Waals surface area contributed by atoms with E-state index in [-0.39, 0.29) is 11.8 Å². The van der Waals surface area contributed by atoms with Crippen molar-refractivity contribution in [2.45, 2.75) is 38.0 Å². The number of carbonyl (C=O) groups excluding carboxylic acids is 1. The van der Waals surface area contributed by atoms with E-state index in [0.717, 1.165) is 61.3 Å². The molecule has 148 valence electrons. The number of H-pyrrole nitrogens is 1. The third-order valence-electron chi connectivity index (χ3n) is 5.75. The summed E-state index contributed by atoms with van der Waals surface area (Å²) < 4.78 is 6.00. The van der Waals surface area contributed by atoms with Crippen LogP contribution in [0.5, 0.6) is 11.6 Å². The topological polar surface area (TPSA) is 84.0 Å². The van der Waals surface area contributed by atoms with Gasteiger partial charge in [-0.1, -0.05) is 18.2 Å². The van der Waals surface area contributed by atoms with Gasteiger partial charge in [-0.15, -0.1) is 0 Å². The Labute approximate surface area is 169 Å². The zero-order chi connectivity index (χ0) is 19.6. The van der Waals surface area contributed by atoms with Gasteiger partial charge in [-0.25, -0.2) is 4.98 Å². The van der Waals surface area contributed by atoms with Gasteiger partial charge in [-0.2, -0.15) is 5.10 Å². The lowest BCUT2D eigenvalue weighted by atomic mass is 9.94. The van der Waals surface area contributed by atoms with Gasteiger partial charge in [0, 0.05) is 42.7 Å². The lowest BCUT2D eigenvalue weighted by molar-refractivity contribution is 0.0697. The van der Waals surface area contributed by atoms with E-state index < -0.39 is 0 Å². The van der Waals surface area contributed by atoms with E-state index in [2.05, 4.69) is 20.2 Å². The standard InChI is InChI=1S/C22H23N5O2/c28-22(20-17-9-4-10-18(17)25-26-20)27-13-5-6-15(14-27)19-21(24-12-11-23-19)29-16-7-2-1-3-8-16/h1-3,7-8,11-12,15H,4-6,9-10,13-14H2,(H,25,26)/t15-/m0/s1. The van der Waals surface area contributed by atoms with Crippen molar-refractivity contribution in [2.75, 3.05) is 13.1 Å². The van der Waals surface area contributed by atoms with Gasteiger partial charge < -0.3 is 9.64 Å². The summed E-state index contributed by atoms with van der Waals surface area (Å²) in [5.41, 5.74) is 3.62. The zero-order valence-corrected chi connectivity index (χ0v) is 16.2. The number of likely N-dealkylation sites (tertiary alicyclic amines) is 1. The van der Waals surface area contributed by atoms with E-state index in [1.807, 2.05) is 35.2 Å². The molecular formula is C22H23N5O2. The van der Waals surface area contributed by atoms with Crippen LogP contribution in [0.4, 0.5) is 0 Å². The molecular weight excluding hydrogens is 366 g/mol. The second-order valence-corrected chi connectivity index (χ2v) is 7.64. The molecule has 1 aliphatic carbocycles. The average Bonchev–Trinajstić information content (AvgIpc) is 3.39. The summed E-state index contributed by atoms with van der Waals surface area (Å²) in [5.74, 6) is 1.35. The number of fused-ring (bicyclic) bond motifs is 1. The number of aryl methyl sites for hydroxylation is 1. The number of hydrogen-bond acceptors (Lipinski definition) is 5. The van der Waals surface area contributed by atoms with Crippen LogP contribution in [0.25, 0.3) is 0 Å². The summed E-state index contributed by atoms with van der Waals surface area (Å²) in [7, 11) is 0. The summed E-state index contributed by atoms with van der Waals surface area (Å²) in [6.07, 6.45) is 8.21. The first kappa shape index (κ1) is 17.8. The minimum Gasteiger partial charge on any atom is -0.437 e. The molecule has 29 heavy (non-hydrogen) atoms. The van der Waals surface area contributed by atoms with Crippen molar-refractivity contribution in [3.05, 3.63) is 65.4 Å². The smallest absolute Gasteiger partial charge is 0.274 e. The number of hydrogen-bond donors (Lipinski definition) is 1. The number of benzene rings is 1. The summed E-state index contributed by atoms with van der Waals surface area (Å²) >= 11 is 0. The van der Waals surface area contributed by atoms with E-state index >= 15 is 0 Å². The van der Waals surface area contributed by atoms with Gasteiger partial charge in [-0.05, 0) is 44.2 Å². The van der Waals surface area contributed by atoms with E-state index in [1.54, 1.807) is 12.4 Å². The normalized spacial score (nSPS) is 18.5. The fourth-order valence-electron chi connectivity index (χ4n) is 4.33. The number of nitrogens with zero attached hydrogens (tertiary/aromatic N) is 4. The number of aromatic nitrogens is 4. The third kappa shape index (κ3) is 3.48. The van der Waals surface area contributed by atoms with Crippen molar-refractivity contribution >= 4 is 5.91 Å². The molecule has 2 aliphatic rings. The fourth-order valence-corrected chi connectivity index (χ4v) is 4.33. The van der Waals surface area contributed by atoms with Gasteiger partial charge >= 0.3 is 0 Å². The highest BCUT2D eigenvalue weighted by molar-refractivity contribution is 5.94. The SMILES string of the molecule is O=C(c1n[nH]c2c1CCC2)N1CCC[C@H](c2nccnc2Oc2ccccc2)C1. The summed E-state index contributed by atoms with van der Waals surface area (Å²) in [5, 5.41) is 7.36. The molecule has 7 nitrogen and oxygen atoms in total. The van der Waals surface area contributed by atoms with Crippen LogP contribution < -0.4 is 4.74 Å². The van der Waals surface area contributed by atoms with Crippen molar-refractivity contribution in [3.63, 3.8) is 0 Å². The van der Waals surface area contributed by atoms with Crippen LogP contribution in [0, 0.1) is 0 Å². The van der Waals surface area contributed by atoms with Crippen molar-refractivity contribution in [3.8, 4) is 11.6 Å². The molecule has 0 radical (unpaired) electrons. The lowest BCUT2D eigenvalue weighted by Gasteiger charge is -2.32. The number of ether oxygens (including phenoxy) is 1. The van der Waals surface area contributed by atoms with Crippen molar-refractivity contribution < 1.29 is 9.53 Å². The second kappa shape index (κ2) is 7.66. The number of aromatic amines is 1. The second-order valence-electron chi connectivity index (χ2n) is 7.64. The summed E-state index contributed by atoms with van der Waals surface area (Å²) in [4.78, 5) is 24.0. The molecule has 1 fully saturated rings. The Morgan fingerprint density at radius 2 is 1.97 bits per heavy atom. The summed E-state index contributed by atoms with van der Waals surface area (Å²) in [6, 6.07) is 9.59. The van der Waals surface area contributed by atoms with Crippen LogP contribution in [-0.2, 0) is 12.8 Å². The average molecular weight is 389 g/mol. The fraction of sp³-hybridized carbons (Fsp3) is 0.364. The van der Waals surface area contributed by atoms with Gasteiger partial charge in [0.25, 0.3) is 5.91 Å². The molecule has 0 spiro atoms. The number of amides is 1. The maximum Gasteiger partial charge on any atom is 0.274 e. The predicted molar refractivity (Wildman–Crippen MR) is 107 cm³/mol. The Hall–Kier alpha value is -3.22. The maximum atomic E-state index is 13.1. The maximum absolute atomic E-state index is 13.1. The Balaban J connectivity index is 1.36. The van der Waals surface area contributed by atoms with Crippen LogP contribution in [0.15, 0.2) is 42.7 Å². The Morgan fingerprint density at radius 3 is 2.86 bits per heavy atom. The van der Waals surface area contributed by atoms with Crippen LogP contribution in [0.2, 0.25) is 0 Å². The third-order valence-corrected chi connectivity index (χ3v) is 5.75.